The summed E-state index contributed by atoms with van der Waals surface area (Å²) in [4.78, 5) is 14.5. The molecule has 6 heteroatoms. The molecule has 0 radical (unpaired) electrons. The quantitative estimate of drug-likeness (QED) is 0.672. The molecule has 0 aliphatic carbocycles. The van der Waals surface area contributed by atoms with E-state index in [0.717, 1.165) is 5.69 Å². The third-order valence-corrected chi connectivity index (χ3v) is 3.44. The third kappa shape index (κ3) is 1.72. The van der Waals surface area contributed by atoms with Gasteiger partial charge >= 0.3 is 0 Å². The molecule has 0 unspecified atom stereocenters. The molecule has 0 atom stereocenters. The topological polar surface area (TPSA) is 74.5 Å². The summed E-state index contributed by atoms with van der Waals surface area (Å²) in [5.74, 6) is 0. The Kier molecular flexibility index (Phi) is 2.84. The van der Waals surface area contributed by atoms with Crippen LogP contribution >= 0.6 is 12.6 Å². The maximum Gasteiger partial charge on any atom is 0.268 e. The van der Waals surface area contributed by atoms with Crippen LogP contribution in [0.1, 0.15) is 11.3 Å². The van der Waals surface area contributed by atoms with E-state index < -0.39 is 5.56 Å². The van der Waals surface area contributed by atoms with Crippen molar-refractivity contribution in [3.05, 3.63) is 51.9 Å². The van der Waals surface area contributed by atoms with Gasteiger partial charge in [0.15, 0.2) is 0 Å². The molecule has 0 saturated heterocycles. The van der Waals surface area contributed by atoms with Crippen molar-refractivity contribution in [2.45, 2.75) is 11.9 Å². The van der Waals surface area contributed by atoms with Gasteiger partial charge in [-0.3, -0.25) is 4.79 Å². The highest BCUT2D eigenvalue weighted by Gasteiger charge is 2.18. The Bertz CT molecular complexity index is 903. The summed E-state index contributed by atoms with van der Waals surface area (Å²) in [6.45, 7) is 1.82. The molecule has 3 aromatic rings. The summed E-state index contributed by atoms with van der Waals surface area (Å²) >= 11 is 4.28. The SMILES string of the molecule is Cc1nn(-c2ccccc2)c2c(C#N)c(=O)[nH]c(S)c12. The number of pyridine rings is 1. The number of H-pyrrole nitrogens is 1. The van der Waals surface area contributed by atoms with Crippen LogP contribution in [-0.4, -0.2) is 14.8 Å². The van der Waals surface area contributed by atoms with Crippen LogP contribution in [0.3, 0.4) is 0 Å². The number of rotatable bonds is 1. The Morgan fingerprint density at radius 3 is 2.70 bits per heavy atom. The molecule has 5 nitrogen and oxygen atoms in total. The molecule has 98 valence electrons. The second-order valence-electron chi connectivity index (χ2n) is 4.35. The average molecular weight is 282 g/mol. The minimum atomic E-state index is -0.456. The second kappa shape index (κ2) is 4.54. The summed E-state index contributed by atoms with van der Waals surface area (Å²) in [5, 5.41) is 14.8. The lowest BCUT2D eigenvalue weighted by molar-refractivity contribution is 0.887. The Labute approximate surface area is 119 Å². The standard InChI is InChI=1S/C14H10N4OS/c1-8-11-12(10(7-15)13(19)16-14(11)20)18(17-8)9-5-3-2-4-6-9/h2-6H,1H3,(H2,16,19,20). The number of aryl methyl sites for hydroxylation is 1. The zero-order valence-electron chi connectivity index (χ0n) is 10.6. The van der Waals surface area contributed by atoms with Crippen LogP contribution in [0.4, 0.5) is 0 Å². The van der Waals surface area contributed by atoms with E-state index in [1.54, 1.807) is 4.68 Å². The molecule has 2 heterocycles. The molecular formula is C14H10N4OS. The number of hydrogen-bond donors (Lipinski definition) is 2. The fourth-order valence-electron chi connectivity index (χ4n) is 2.24. The molecule has 2 aromatic heterocycles. The molecule has 20 heavy (non-hydrogen) atoms. The molecule has 0 bridgehead atoms. The maximum absolute atomic E-state index is 11.9. The van der Waals surface area contributed by atoms with Gasteiger partial charge in [-0.15, -0.1) is 12.6 Å². The van der Waals surface area contributed by atoms with Crippen LogP contribution in [-0.2, 0) is 0 Å². The van der Waals surface area contributed by atoms with Gasteiger partial charge in [0.1, 0.15) is 17.1 Å². The van der Waals surface area contributed by atoms with E-state index in [9.17, 15) is 10.1 Å². The Hall–Kier alpha value is -2.52. The summed E-state index contributed by atoms with van der Waals surface area (Å²) in [6.07, 6.45) is 0. The molecule has 0 amide bonds. The largest absolute Gasteiger partial charge is 0.315 e. The minimum Gasteiger partial charge on any atom is -0.315 e. The summed E-state index contributed by atoms with van der Waals surface area (Å²) in [7, 11) is 0. The number of nitriles is 1. The first-order valence-corrected chi connectivity index (χ1v) is 6.38. The van der Waals surface area contributed by atoms with Gasteiger partial charge in [0.05, 0.1) is 21.8 Å². The van der Waals surface area contributed by atoms with Crippen LogP contribution < -0.4 is 5.56 Å². The molecule has 0 aliphatic rings. The number of aromatic amines is 1. The van der Waals surface area contributed by atoms with Crippen molar-refractivity contribution in [2.75, 3.05) is 0 Å². The summed E-state index contributed by atoms with van der Waals surface area (Å²) < 4.78 is 1.61. The molecule has 3 rings (SSSR count). The number of benzene rings is 1. The van der Waals surface area contributed by atoms with Crippen LogP contribution in [0.2, 0.25) is 0 Å². The lowest BCUT2D eigenvalue weighted by Crippen LogP contribution is -2.12. The van der Waals surface area contributed by atoms with E-state index in [0.29, 0.717) is 21.6 Å². The van der Waals surface area contributed by atoms with Gasteiger partial charge in [0.25, 0.3) is 5.56 Å². The van der Waals surface area contributed by atoms with Crippen molar-refractivity contribution in [1.82, 2.24) is 14.8 Å². The molecule has 1 aromatic carbocycles. The highest BCUT2D eigenvalue weighted by atomic mass is 32.1. The number of aromatic nitrogens is 3. The van der Waals surface area contributed by atoms with E-state index >= 15 is 0 Å². The zero-order valence-corrected chi connectivity index (χ0v) is 11.5. The Balaban J connectivity index is 2.53. The smallest absolute Gasteiger partial charge is 0.268 e. The van der Waals surface area contributed by atoms with Gasteiger partial charge in [-0.05, 0) is 19.1 Å². The normalized spacial score (nSPS) is 10.7. The van der Waals surface area contributed by atoms with E-state index in [-0.39, 0.29) is 5.56 Å². The van der Waals surface area contributed by atoms with Crippen LogP contribution in [0, 0.1) is 18.3 Å². The molecule has 0 aliphatic heterocycles. The lowest BCUT2D eigenvalue weighted by Gasteiger charge is -2.04. The first-order chi connectivity index (χ1) is 9.63. The predicted octanol–water partition coefficient (Wildman–Crippen LogP) is 2.18. The van der Waals surface area contributed by atoms with E-state index in [2.05, 4.69) is 22.7 Å². The fourth-order valence-corrected chi connectivity index (χ4v) is 2.61. The van der Waals surface area contributed by atoms with Crippen molar-refractivity contribution in [2.24, 2.45) is 0 Å². The second-order valence-corrected chi connectivity index (χ2v) is 4.79. The van der Waals surface area contributed by atoms with Gasteiger partial charge in [0.2, 0.25) is 0 Å². The van der Waals surface area contributed by atoms with Gasteiger partial charge in [-0.2, -0.15) is 10.4 Å². The van der Waals surface area contributed by atoms with Gasteiger partial charge in [0, 0.05) is 0 Å². The highest BCUT2D eigenvalue weighted by Crippen LogP contribution is 2.26. The van der Waals surface area contributed by atoms with Crippen molar-refractivity contribution < 1.29 is 0 Å². The van der Waals surface area contributed by atoms with Crippen LogP contribution in [0.15, 0.2) is 40.2 Å². The molecule has 1 N–H and O–H groups in total. The zero-order chi connectivity index (χ0) is 14.3. The Morgan fingerprint density at radius 2 is 2.05 bits per heavy atom. The molecule has 0 spiro atoms. The van der Waals surface area contributed by atoms with E-state index in [1.807, 2.05) is 43.3 Å². The highest BCUT2D eigenvalue weighted by molar-refractivity contribution is 7.80. The van der Waals surface area contributed by atoms with Gasteiger partial charge in [-0.25, -0.2) is 4.68 Å². The fraction of sp³-hybridized carbons (Fsp3) is 0.0714. The summed E-state index contributed by atoms with van der Waals surface area (Å²) in [6, 6.07) is 11.3. The number of hydrogen-bond acceptors (Lipinski definition) is 4. The molecule has 0 fully saturated rings. The number of nitrogens with zero attached hydrogens (tertiary/aromatic N) is 3. The lowest BCUT2D eigenvalue weighted by atomic mass is 10.2. The molecule has 0 saturated carbocycles. The average Bonchev–Trinajstić information content (AvgIpc) is 2.78. The van der Waals surface area contributed by atoms with Crippen molar-refractivity contribution in [3.8, 4) is 11.8 Å². The minimum absolute atomic E-state index is 0.0438. The predicted molar refractivity (Wildman–Crippen MR) is 78.4 cm³/mol. The first-order valence-electron chi connectivity index (χ1n) is 5.93. The third-order valence-electron chi connectivity index (χ3n) is 3.11. The van der Waals surface area contributed by atoms with Crippen molar-refractivity contribution in [3.63, 3.8) is 0 Å². The number of para-hydroxylation sites is 1. The molecular weight excluding hydrogens is 272 g/mol. The maximum atomic E-state index is 11.9. The van der Waals surface area contributed by atoms with Crippen LogP contribution in [0.5, 0.6) is 0 Å². The van der Waals surface area contributed by atoms with Crippen LogP contribution in [0.25, 0.3) is 16.6 Å². The van der Waals surface area contributed by atoms with E-state index in [4.69, 9.17) is 0 Å². The number of thiol groups is 1. The Morgan fingerprint density at radius 1 is 1.35 bits per heavy atom. The number of fused-ring (bicyclic) bond motifs is 1. The van der Waals surface area contributed by atoms with Crippen molar-refractivity contribution in [1.29, 1.82) is 5.26 Å². The summed E-state index contributed by atoms with van der Waals surface area (Å²) in [5.41, 5.74) is 1.58. The monoisotopic (exact) mass is 282 g/mol. The van der Waals surface area contributed by atoms with Crippen molar-refractivity contribution >= 4 is 23.5 Å². The van der Waals surface area contributed by atoms with Gasteiger partial charge in [-0.1, -0.05) is 18.2 Å². The first kappa shape index (κ1) is 12.5. The van der Waals surface area contributed by atoms with E-state index in [1.165, 1.54) is 0 Å². The number of nitrogens with one attached hydrogen (secondary N) is 1. The van der Waals surface area contributed by atoms with Gasteiger partial charge < -0.3 is 4.98 Å².